The van der Waals surface area contributed by atoms with Crippen LogP contribution in [0.2, 0.25) is 0 Å². The molecule has 0 saturated heterocycles. The van der Waals surface area contributed by atoms with Gasteiger partial charge in [0.1, 0.15) is 5.75 Å². The summed E-state index contributed by atoms with van der Waals surface area (Å²) in [5, 5.41) is 0. The zero-order valence-corrected chi connectivity index (χ0v) is 10.4. The zero-order valence-electron chi connectivity index (χ0n) is 9.47. The molecule has 17 heavy (non-hydrogen) atoms. The highest BCUT2D eigenvalue weighted by Gasteiger charge is 2.02. The molecule has 0 spiro atoms. The van der Waals surface area contributed by atoms with E-state index < -0.39 is 0 Å². The van der Waals surface area contributed by atoms with Gasteiger partial charge in [-0.25, -0.2) is 0 Å². The summed E-state index contributed by atoms with van der Waals surface area (Å²) in [6.45, 7) is 0. The molecule has 3 N–H and O–H groups in total. The predicted molar refractivity (Wildman–Crippen MR) is 73.5 cm³/mol. The molecule has 0 amide bonds. The van der Waals surface area contributed by atoms with E-state index in [1.165, 1.54) is 0 Å². The number of thiol groups is 1. The van der Waals surface area contributed by atoms with Gasteiger partial charge in [-0.1, -0.05) is 18.2 Å². The Morgan fingerprint density at radius 3 is 2.29 bits per heavy atom. The molecular weight excluding hydrogens is 232 g/mol. The number of ether oxygens (including phenoxy) is 1. The van der Waals surface area contributed by atoms with Crippen LogP contribution in [0.3, 0.4) is 0 Å². The summed E-state index contributed by atoms with van der Waals surface area (Å²) in [5.74, 6) is 6.27. The number of benzene rings is 2. The summed E-state index contributed by atoms with van der Waals surface area (Å²) in [5.41, 5.74) is 5.62. The SMILES string of the molecule is COc1ccc(-c2ccc(S)c(NN)c2)cc1. The van der Waals surface area contributed by atoms with Gasteiger partial charge in [0.15, 0.2) is 0 Å². The quantitative estimate of drug-likeness (QED) is 0.443. The van der Waals surface area contributed by atoms with Crippen molar-refractivity contribution >= 4 is 18.3 Å². The first-order valence-corrected chi connectivity index (χ1v) is 5.63. The lowest BCUT2D eigenvalue weighted by Gasteiger charge is -2.08. The largest absolute Gasteiger partial charge is 0.497 e. The Bertz CT molecular complexity index is 511. The number of rotatable bonds is 3. The van der Waals surface area contributed by atoms with Gasteiger partial charge in [-0.3, -0.25) is 5.84 Å². The van der Waals surface area contributed by atoms with Crippen molar-refractivity contribution in [1.82, 2.24) is 0 Å². The molecule has 2 rings (SSSR count). The summed E-state index contributed by atoms with van der Waals surface area (Å²) in [7, 11) is 1.65. The van der Waals surface area contributed by atoms with Gasteiger partial charge in [0.05, 0.1) is 12.8 Å². The van der Waals surface area contributed by atoms with Gasteiger partial charge in [0.25, 0.3) is 0 Å². The maximum Gasteiger partial charge on any atom is 0.118 e. The lowest BCUT2D eigenvalue weighted by atomic mass is 10.1. The average Bonchev–Trinajstić information content (AvgIpc) is 2.39. The van der Waals surface area contributed by atoms with Crippen LogP contribution in [0.5, 0.6) is 5.75 Å². The molecule has 88 valence electrons. The number of anilines is 1. The van der Waals surface area contributed by atoms with Gasteiger partial charge in [0.2, 0.25) is 0 Å². The Kier molecular flexibility index (Phi) is 3.56. The maximum atomic E-state index is 5.42. The minimum absolute atomic E-state index is 0.807. The first kappa shape index (κ1) is 11.8. The molecule has 0 atom stereocenters. The fourth-order valence-electron chi connectivity index (χ4n) is 1.61. The lowest BCUT2D eigenvalue weighted by Crippen LogP contribution is -2.07. The van der Waals surface area contributed by atoms with E-state index in [4.69, 9.17) is 10.6 Å². The molecule has 2 aromatic carbocycles. The molecule has 0 fully saturated rings. The molecule has 0 aliphatic heterocycles. The third-order valence-corrected chi connectivity index (χ3v) is 2.97. The Hall–Kier alpha value is -1.65. The average molecular weight is 246 g/mol. The molecule has 0 aliphatic rings. The Morgan fingerprint density at radius 1 is 1.06 bits per heavy atom. The number of hydrogen-bond acceptors (Lipinski definition) is 4. The van der Waals surface area contributed by atoms with E-state index in [1.807, 2.05) is 42.5 Å². The topological polar surface area (TPSA) is 47.3 Å². The van der Waals surface area contributed by atoms with E-state index in [0.29, 0.717) is 0 Å². The van der Waals surface area contributed by atoms with Crippen LogP contribution in [0.25, 0.3) is 11.1 Å². The van der Waals surface area contributed by atoms with Gasteiger partial charge in [-0.15, -0.1) is 12.6 Å². The second-order valence-electron chi connectivity index (χ2n) is 3.60. The normalized spacial score (nSPS) is 10.1. The Labute approximate surface area is 106 Å². The lowest BCUT2D eigenvalue weighted by molar-refractivity contribution is 0.415. The maximum absolute atomic E-state index is 5.42. The Morgan fingerprint density at radius 2 is 1.71 bits per heavy atom. The van der Waals surface area contributed by atoms with Crippen molar-refractivity contribution in [1.29, 1.82) is 0 Å². The van der Waals surface area contributed by atoms with Crippen molar-refractivity contribution in [2.45, 2.75) is 4.90 Å². The third-order valence-electron chi connectivity index (χ3n) is 2.58. The van der Waals surface area contributed by atoms with Crippen molar-refractivity contribution in [3.63, 3.8) is 0 Å². The fraction of sp³-hybridized carbons (Fsp3) is 0.0769. The molecular formula is C13H14N2OS. The molecule has 0 aliphatic carbocycles. The minimum Gasteiger partial charge on any atom is -0.497 e. The van der Waals surface area contributed by atoms with Crippen molar-refractivity contribution in [3.05, 3.63) is 42.5 Å². The van der Waals surface area contributed by atoms with Crippen molar-refractivity contribution < 1.29 is 4.74 Å². The van der Waals surface area contributed by atoms with E-state index >= 15 is 0 Å². The van der Waals surface area contributed by atoms with Gasteiger partial charge >= 0.3 is 0 Å². The molecule has 3 nitrogen and oxygen atoms in total. The molecule has 0 heterocycles. The van der Waals surface area contributed by atoms with Crippen LogP contribution >= 0.6 is 12.6 Å². The van der Waals surface area contributed by atoms with Gasteiger partial charge in [-0.2, -0.15) is 0 Å². The van der Waals surface area contributed by atoms with Crippen molar-refractivity contribution in [2.24, 2.45) is 5.84 Å². The predicted octanol–water partition coefficient (Wildman–Crippen LogP) is 2.94. The van der Waals surface area contributed by atoms with E-state index in [2.05, 4.69) is 18.1 Å². The highest BCUT2D eigenvalue weighted by Crippen LogP contribution is 2.28. The summed E-state index contributed by atoms with van der Waals surface area (Å²) in [6, 6.07) is 13.8. The summed E-state index contributed by atoms with van der Waals surface area (Å²) >= 11 is 4.31. The number of nitrogen functional groups attached to an aromatic ring is 1. The van der Waals surface area contributed by atoms with Crippen LogP contribution in [0.4, 0.5) is 5.69 Å². The molecule has 4 heteroatoms. The summed E-state index contributed by atoms with van der Waals surface area (Å²) in [6.07, 6.45) is 0. The molecule has 0 radical (unpaired) electrons. The molecule has 2 aromatic rings. The third kappa shape index (κ3) is 2.54. The van der Waals surface area contributed by atoms with E-state index in [1.54, 1.807) is 7.11 Å². The highest BCUT2D eigenvalue weighted by molar-refractivity contribution is 7.80. The van der Waals surface area contributed by atoms with Crippen LogP contribution in [-0.4, -0.2) is 7.11 Å². The van der Waals surface area contributed by atoms with Crippen molar-refractivity contribution in [3.8, 4) is 16.9 Å². The molecule has 0 aromatic heterocycles. The molecule has 0 unspecified atom stereocenters. The number of methoxy groups -OCH3 is 1. The molecule has 0 saturated carbocycles. The van der Waals surface area contributed by atoms with E-state index in [0.717, 1.165) is 27.5 Å². The van der Waals surface area contributed by atoms with E-state index in [-0.39, 0.29) is 0 Å². The Balaban J connectivity index is 2.38. The number of hydrazine groups is 1. The van der Waals surface area contributed by atoms with Crippen LogP contribution in [0.15, 0.2) is 47.4 Å². The first-order chi connectivity index (χ1) is 8.24. The van der Waals surface area contributed by atoms with Gasteiger partial charge in [0, 0.05) is 4.90 Å². The highest BCUT2D eigenvalue weighted by atomic mass is 32.1. The second kappa shape index (κ2) is 5.12. The first-order valence-electron chi connectivity index (χ1n) is 5.18. The standard InChI is InChI=1S/C13H14N2OS/c1-16-11-5-2-9(3-6-11)10-4-7-13(17)12(8-10)15-14/h2-8,15,17H,14H2,1H3. The van der Waals surface area contributed by atoms with Gasteiger partial charge < -0.3 is 10.2 Å². The number of hydrogen-bond donors (Lipinski definition) is 3. The van der Waals surface area contributed by atoms with Crippen LogP contribution in [0.1, 0.15) is 0 Å². The van der Waals surface area contributed by atoms with Crippen LogP contribution < -0.4 is 16.0 Å². The fourth-order valence-corrected chi connectivity index (χ4v) is 1.82. The van der Waals surface area contributed by atoms with Crippen LogP contribution in [0, 0.1) is 0 Å². The minimum atomic E-state index is 0.807. The van der Waals surface area contributed by atoms with Crippen molar-refractivity contribution in [2.75, 3.05) is 12.5 Å². The molecule has 0 bridgehead atoms. The smallest absolute Gasteiger partial charge is 0.118 e. The summed E-state index contributed by atoms with van der Waals surface area (Å²) in [4.78, 5) is 0.824. The second-order valence-corrected chi connectivity index (χ2v) is 4.09. The monoisotopic (exact) mass is 246 g/mol. The van der Waals surface area contributed by atoms with Gasteiger partial charge in [-0.05, 0) is 35.4 Å². The van der Waals surface area contributed by atoms with E-state index in [9.17, 15) is 0 Å². The zero-order chi connectivity index (χ0) is 12.3. The number of nitrogens with two attached hydrogens (primary N) is 1. The van der Waals surface area contributed by atoms with Crippen LogP contribution in [-0.2, 0) is 0 Å². The summed E-state index contributed by atoms with van der Waals surface area (Å²) < 4.78 is 5.12. The number of nitrogens with one attached hydrogen (secondary N) is 1.